The summed E-state index contributed by atoms with van der Waals surface area (Å²) in [5.74, 6) is -0.861. The van der Waals surface area contributed by atoms with Gasteiger partial charge in [-0.1, -0.05) is 49.4 Å². The zero-order chi connectivity index (χ0) is 25.4. The molecule has 2 heterocycles. The van der Waals surface area contributed by atoms with E-state index in [2.05, 4.69) is 5.32 Å². The van der Waals surface area contributed by atoms with Gasteiger partial charge < -0.3 is 10.1 Å². The molecule has 1 aromatic heterocycles. The molecule has 0 saturated carbocycles. The lowest BCUT2D eigenvalue weighted by molar-refractivity contribution is -0.124. The van der Waals surface area contributed by atoms with Crippen molar-refractivity contribution in [3.05, 3.63) is 95.7 Å². The Bertz CT molecular complexity index is 1470. The van der Waals surface area contributed by atoms with Crippen molar-refractivity contribution in [1.82, 2.24) is 9.88 Å². The lowest BCUT2D eigenvalue weighted by Gasteiger charge is -2.42. The third-order valence-electron chi connectivity index (χ3n) is 6.84. The fraction of sp³-hybridized carbons (Fsp3) is 0.207. The number of nitrogens with zero attached hydrogens (tertiary/aromatic N) is 2. The molecular weight excluding hydrogens is 454 g/mol. The van der Waals surface area contributed by atoms with Crippen LogP contribution in [0.2, 0.25) is 0 Å². The lowest BCUT2D eigenvalue weighted by atomic mass is 9.92. The molecule has 1 unspecified atom stereocenters. The molecule has 0 bridgehead atoms. The van der Waals surface area contributed by atoms with Gasteiger partial charge in [-0.05, 0) is 60.9 Å². The predicted molar refractivity (Wildman–Crippen MR) is 138 cm³/mol. The Morgan fingerprint density at radius 3 is 2.33 bits per heavy atom. The first-order valence-corrected chi connectivity index (χ1v) is 11.9. The first-order chi connectivity index (χ1) is 17.4. The molecule has 0 radical (unpaired) electrons. The Hall–Kier alpha value is -4.39. The molecule has 0 saturated heterocycles. The number of ether oxygens (including phenoxy) is 1. The SMILES string of the molecule is CCc1ccc(N2C(=O)c3cc4cc(OC)ccc4n3C(=O)C2(C)C(=O)NCc2ccccc2)cc1. The van der Waals surface area contributed by atoms with E-state index in [1.165, 1.54) is 16.4 Å². The van der Waals surface area contributed by atoms with Gasteiger partial charge in [0.1, 0.15) is 11.4 Å². The van der Waals surface area contributed by atoms with Crippen molar-refractivity contribution in [2.75, 3.05) is 12.0 Å². The summed E-state index contributed by atoms with van der Waals surface area (Å²) in [6.07, 6.45) is 0.831. The number of aryl methyl sites for hydroxylation is 1. The number of hydrogen-bond acceptors (Lipinski definition) is 4. The quantitative estimate of drug-likeness (QED) is 0.409. The van der Waals surface area contributed by atoms with Gasteiger partial charge in [0.05, 0.1) is 12.6 Å². The standard InChI is InChI=1S/C29H27N3O4/c1-4-19-10-12-22(13-11-19)32-26(33)25-17-21-16-23(36-3)14-15-24(21)31(25)28(35)29(32,2)27(34)30-18-20-8-6-5-7-9-20/h5-17H,4,18H2,1-3H3,(H,30,34). The smallest absolute Gasteiger partial charge is 0.276 e. The number of methoxy groups -OCH3 is 1. The first kappa shape index (κ1) is 23.4. The summed E-state index contributed by atoms with van der Waals surface area (Å²) in [6.45, 7) is 3.79. The maximum absolute atomic E-state index is 14.2. The largest absolute Gasteiger partial charge is 0.497 e. The lowest BCUT2D eigenvalue weighted by Crippen LogP contribution is -2.68. The van der Waals surface area contributed by atoms with Gasteiger partial charge in [-0.3, -0.25) is 23.9 Å². The molecule has 3 aromatic carbocycles. The number of hydrogen-bond donors (Lipinski definition) is 1. The molecule has 36 heavy (non-hydrogen) atoms. The summed E-state index contributed by atoms with van der Waals surface area (Å²) in [5, 5.41) is 3.57. The van der Waals surface area contributed by atoms with Crippen LogP contribution in [0.4, 0.5) is 5.69 Å². The molecular formula is C29H27N3O4. The third-order valence-corrected chi connectivity index (χ3v) is 6.84. The van der Waals surface area contributed by atoms with E-state index in [4.69, 9.17) is 4.74 Å². The topological polar surface area (TPSA) is 80.6 Å². The molecule has 2 amide bonds. The van der Waals surface area contributed by atoms with Crippen LogP contribution in [0.5, 0.6) is 5.75 Å². The molecule has 4 aromatic rings. The van der Waals surface area contributed by atoms with Gasteiger partial charge in [-0.15, -0.1) is 0 Å². The number of benzene rings is 3. The highest BCUT2D eigenvalue weighted by Crippen LogP contribution is 2.37. The van der Waals surface area contributed by atoms with Crippen LogP contribution >= 0.6 is 0 Å². The maximum atomic E-state index is 14.2. The van der Waals surface area contributed by atoms with Gasteiger partial charge in [0.2, 0.25) is 5.54 Å². The number of nitrogens with one attached hydrogen (secondary N) is 1. The van der Waals surface area contributed by atoms with Crippen molar-refractivity contribution in [3.8, 4) is 5.75 Å². The van der Waals surface area contributed by atoms with E-state index in [0.717, 1.165) is 17.5 Å². The molecule has 1 aliphatic rings. The molecule has 0 fully saturated rings. The number of amides is 2. The fourth-order valence-electron chi connectivity index (χ4n) is 4.73. The summed E-state index contributed by atoms with van der Waals surface area (Å²) in [6, 6.07) is 23.7. The molecule has 7 nitrogen and oxygen atoms in total. The van der Waals surface area contributed by atoms with Crippen molar-refractivity contribution in [2.45, 2.75) is 32.4 Å². The Labute approximate surface area is 209 Å². The van der Waals surface area contributed by atoms with Crippen LogP contribution in [0.1, 0.15) is 40.3 Å². The van der Waals surface area contributed by atoms with Crippen LogP contribution in [-0.4, -0.2) is 34.9 Å². The van der Waals surface area contributed by atoms with E-state index in [0.29, 0.717) is 22.3 Å². The number of carbonyl (C=O) groups is 3. The summed E-state index contributed by atoms with van der Waals surface area (Å²) in [7, 11) is 1.56. The minimum absolute atomic E-state index is 0.205. The Kier molecular flexibility index (Phi) is 5.84. The minimum atomic E-state index is -1.81. The number of fused-ring (bicyclic) bond motifs is 3. The Balaban J connectivity index is 1.64. The fourth-order valence-corrected chi connectivity index (χ4v) is 4.73. The average Bonchev–Trinajstić information content (AvgIpc) is 3.30. The molecule has 5 rings (SSSR count). The highest BCUT2D eigenvalue weighted by molar-refractivity contribution is 6.27. The summed E-state index contributed by atoms with van der Waals surface area (Å²) < 4.78 is 6.68. The molecule has 7 heteroatoms. The Morgan fingerprint density at radius 2 is 1.67 bits per heavy atom. The van der Waals surface area contributed by atoms with Crippen LogP contribution in [0, 0.1) is 0 Å². The third kappa shape index (κ3) is 3.64. The van der Waals surface area contributed by atoms with Gasteiger partial charge in [0, 0.05) is 17.6 Å². The van der Waals surface area contributed by atoms with E-state index < -0.39 is 23.3 Å². The molecule has 1 N–H and O–H groups in total. The Morgan fingerprint density at radius 1 is 0.944 bits per heavy atom. The molecule has 1 atom stereocenters. The first-order valence-electron chi connectivity index (χ1n) is 11.9. The van der Waals surface area contributed by atoms with Gasteiger partial charge in [0.25, 0.3) is 17.7 Å². The van der Waals surface area contributed by atoms with E-state index in [1.807, 2.05) is 49.4 Å². The van der Waals surface area contributed by atoms with E-state index >= 15 is 0 Å². The van der Waals surface area contributed by atoms with Crippen LogP contribution in [0.15, 0.2) is 78.9 Å². The van der Waals surface area contributed by atoms with E-state index in [-0.39, 0.29) is 12.2 Å². The van der Waals surface area contributed by atoms with Crippen LogP contribution < -0.4 is 15.0 Å². The summed E-state index contributed by atoms with van der Waals surface area (Å²) in [5.41, 5.74) is 1.41. The zero-order valence-corrected chi connectivity index (χ0v) is 20.4. The summed E-state index contributed by atoms with van der Waals surface area (Å²) >= 11 is 0. The number of carbonyl (C=O) groups excluding carboxylic acids is 3. The van der Waals surface area contributed by atoms with Crippen LogP contribution in [-0.2, 0) is 17.8 Å². The second-order valence-corrected chi connectivity index (χ2v) is 9.00. The second kappa shape index (κ2) is 9.00. The molecule has 0 aliphatic carbocycles. The van der Waals surface area contributed by atoms with Gasteiger partial charge in [-0.2, -0.15) is 0 Å². The molecule has 0 spiro atoms. The second-order valence-electron chi connectivity index (χ2n) is 9.00. The monoisotopic (exact) mass is 481 g/mol. The van der Waals surface area contributed by atoms with E-state index in [1.54, 1.807) is 43.5 Å². The summed E-state index contributed by atoms with van der Waals surface area (Å²) in [4.78, 5) is 43.2. The van der Waals surface area contributed by atoms with Crippen molar-refractivity contribution in [3.63, 3.8) is 0 Å². The van der Waals surface area contributed by atoms with Gasteiger partial charge >= 0.3 is 0 Å². The zero-order valence-electron chi connectivity index (χ0n) is 20.4. The number of rotatable bonds is 6. The minimum Gasteiger partial charge on any atom is -0.497 e. The predicted octanol–water partition coefficient (Wildman–Crippen LogP) is 4.59. The molecule has 182 valence electrons. The molecule has 1 aliphatic heterocycles. The van der Waals surface area contributed by atoms with Crippen molar-refractivity contribution < 1.29 is 19.1 Å². The highest BCUT2D eigenvalue weighted by Gasteiger charge is 2.55. The van der Waals surface area contributed by atoms with Crippen molar-refractivity contribution in [1.29, 1.82) is 0 Å². The van der Waals surface area contributed by atoms with Crippen LogP contribution in [0.3, 0.4) is 0 Å². The average molecular weight is 482 g/mol. The van der Waals surface area contributed by atoms with Crippen molar-refractivity contribution in [2.24, 2.45) is 0 Å². The van der Waals surface area contributed by atoms with Crippen LogP contribution in [0.25, 0.3) is 10.9 Å². The maximum Gasteiger partial charge on any atom is 0.276 e. The van der Waals surface area contributed by atoms with Gasteiger partial charge in [0.15, 0.2) is 0 Å². The number of anilines is 1. The van der Waals surface area contributed by atoms with Crippen molar-refractivity contribution >= 4 is 34.3 Å². The number of aromatic nitrogens is 1. The van der Waals surface area contributed by atoms with E-state index in [9.17, 15) is 14.4 Å². The highest BCUT2D eigenvalue weighted by atomic mass is 16.5. The van der Waals surface area contributed by atoms with Gasteiger partial charge in [-0.25, -0.2) is 0 Å². The normalized spacial score (nSPS) is 17.2.